The first-order valence-electron chi connectivity index (χ1n) is 11.9. The van der Waals surface area contributed by atoms with Crippen molar-refractivity contribution < 1.29 is 22.0 Å². The molecule has 0 radical (unpaired) electrons. The number of imidazole rings is 2. The quantitative estimate of drug-likeness (QED) is 0.342. The maximum absolute atomic E-state index is 13.5. The maximum atomic E-state index is 13.5. The molecule has 3 unspecified atom stereocenters. The van der Waals surface area contributed by atoms with E-state index in [2.05, 4.69) is 19.9 Å². The smallest absolute Gasteiger partial charge is 0.342 e. The van der Waals surface area contributed by atoms with Gasteiger partial charge in [-0.1, -0.05) is 61.6 Å². The van der Waals surface area contributed by atoms with Gasteiger partial charge in [0, 0.05) is 35.5 Å². The number of hydrogen-bond donors (Lipinski definition) is 2. The van der Waals surface area contributed by atoms with Crippen LogP contribution in [0.4, 0.5) is 22.0 Å². The van der Waals surface area contributed by atoms with Gasteiger partial charge in [0.05, 0.1) is 29.4 Å². The zero-order valence-corrected chi connectivity index (χ0v) is 20.2. The molecule has 0 saturated carbocycles. The standard InChI is InChI=1S/C28H25F5N4/c1-16-12-21(28(31,32)33)10-11-22(16)26-35-15-24(37-26)19-5-3-4-18(13-19)23-14-34-25(36-23)17-6-8-20(9-7-17)27(2,29)30/h3-6,8-17,22H,7H2,1-2H3,(H,34,36)(H,35,37). The fraction of sp³-hybridized carbons (Fsp3) is 0.286. The van der Waals surface area contributed by atoms with Gasteiger partial charge < -0.3 is 9.97 Å². The average molecular weight is 513 g/mol. The van der Waals surface area contributed by atoms with Gasteiger partial charge in [-0.25, -0.2) is 18.7 Å². The van der Waals surface area contributed by atoms with Gasteiger partial charge in [0.1, 0.15) is 11.6 Å². The lowest BCUT2D eigenvalue weighted by atomic mass is 9.86. The van der Waals surface area contributed by atoms with Crippen molar-refractivity contribution in [1.82, 2.24) is 19.9 Å². The summed E-state index contributed by atoms with van der Waals surface area (Å²) < 4.78 is 66.1. The van der Waals surface area contributed by atoms with E-state index in [1.54, 1.807) is 31.5 Å². The van der Waals surface area contributed by atoms with Crippen molar-refractivity contribution >= 4 is 0 Å². The topological polar surface area (TPSA) is 57.4 Å². The van der Waals surface area contributed by atoms with Crippen LogP contribution in [-0.2, 0) is 0 Å². The number of aromatic nitrogens is 4. The third kappa shape index (κ3) is 5.21. The summed E-state index contributed by atoms with van der Waals surface area (Å²) in [5, 5.41) is 0. The highest BCUT2D eigenvalue weighted by molar-refractivity contribution is 5.69. The normalized spacial score (nSPS) is 22.2. The third-order valence-corrected chi connectivity index (χ3v) is 6.77. The Morgan fingerprint density at radius 2 is 1.49 bits per heavy atom. The summed E-state index contributed by atoms with van der Waals surface area (Å²) in [4.78, 5) is 15.5. The van der Waals surface area contributed by atoms with Crippen molar-refractivity contribution in [2.24, 2.45) is 5.92 Å². The molecule has 2 aliphatic rings. The highest BCUT2D eigenvalue weighted by Gasteiger charge is 2.35. The molecule has 2 aliphatic carbocycles. The number of rotatable bonds is 5. The van der Waals surface area contributed by atoms with E-state index < -0.39 is 17.7 Å². The summed E-state index contributed by atoms with van der Waals surface area (Å²) in [7, 11) is 0. The SMILES string of the molecule is CC1C=C(C(F)(F)F)C=CC1c1ncc(-c2cccc(-c3cnc(C4C=CC(C(C)(F)F)=CC4)[nH]3)c2)[nH]1. The van der Waals surface area contributed by atoms with Crippen molar-refractivity contribution in [3.8, 4) is 22.5 Å². The van der Waals surface area contributed by atoms with Crippen molar-refractivity contribution in [3.05, 3.63) is 95.9 Å². The minimum absolute atomic E-state index is 0.0112. The first-order valence-corrected chi connectivity index (χ1v) is 11.9. The number of nitrogens with one attached hydrogen (secondary N) is 2. The summed E-state index contributed by atoms with van der Waals surface area (Å²) in [6, 6.07) is 7.70. The molecule has 3 atom stereocenters. The van der Waals surface area contributed by atoms with E-state index in [1.807, 2.05) is 24.3 Å². The minimum Gasteiger partial charge on any atom is -0.342 e. The largest absolute Gasteiger partial charge is 0.416 e. The van der Waals surface area contributed by atoms with Crippen LogP contribution < -0.4 is 0 Å². The lowest BCUT2D eigenvalue weighted by molar-refractivity contribution is -0.0889. The average Bonchev–Trinajstić information content (AvgIpc) is 3.54. The minimum atomic E-state index is -4.37. The number of halogens is 5. The second kappa shape index (κ2) is 9.28. The van der Waals surface area contributed by atoms with Crippen LogP contribution in [0.15, 0.2) is 84.3 Å². The van der Waals surface area contributed by atoms with Crippen molar-refractivity contribution in [3.63, 3.8) is 0 Å². The lowest BCUT2D eigenvalue weighted by Gasteiger charge is -2.22. The molecule has 0 amide bonds. The molecule has 5 rings (SSSR count). The number of nitrogens with zero attached hydrogens (tertiary/aromatic N) is 2. The first-order chi connectivity index (χ1) is 17.5. The third-order valence-electron chi connectivity index (χ3n) is 6.77. The molecule has 0 aliphatic heterocycles. The van der Waals surface area contributed by atoms with Crippen LogP contribution >= 0.6 is 0 Å². The summed E-state index contributed by atoms with van der Waals surface area (Å²) in [6.45, 7) is 2.63. The Morgan fingerprint density at radius 1 is 0.865 bits per heavy atom. The van der Waals surface area contributed by atoms with Gasteiger partial charge in [-0.15, -0.1) is 0 Å². The van der Waals surface area contributed by atoms with Crippen LogP contribution in [0.2, 0.25) is 0 Å². The lowest BCUT2D eigenvalue weighted by Crippen LogP contribution is -2.18. The molecule has 0 spiro atoms. The number of aromatic amines is 2. The van der Waals surface area contributed by atoms with Gasteiger partial charge in [-0.2, -0.15) is 13.2 Å². The fourth-order valence-corrected chi connectivity index (χ4v) is 4.68. The molecule has 2 aromatic heterocycles. The Bertz CT molecular complexity index is 1410. The first kappa shape index (κ1) is 24.9. The molecule has 0 bridgehead atoms. The maximum Gasteiger partial charge on any atom is 0.416 e. The van der Waals surface area contributed by atoms with Crippen molar-refractivity contribution in [1.29, 1.82) is 0 Å². The number of benzene rings is 1. The molecule has 4 nitrogen and oxygen atoms in total. The highest BCUT2D eigenvalue weighted by atomic mass is 19.4. The Kier molecular flexibility index (Phi) is 6.25. The van der Waals surface area contributed by atoms with Crippen LogP contribution in [0.1, 0.15) is 43.8 Å². The van der Waals surface area contributed by atoms with Crippen molar-refractivity contribution in [2.45, 2.75) is 44.2 Å². The second-order valence-electron chi connectivity index (χ2n) is 9.56. The predicted molar refractivity (Wildman–Crippen MR) is 132 cm³/mol. The fourth-order valence-electron chi connectivity index (χ4n) is 4.68. The van der Waals surface area contributed by atoms with Crippen LogP contribution in [0.3, 0.4) is 0 Å². The number of allylic oxidation sites excluding steroid dienone is 8. The van der Waals surface area contributed by atoms with Gasteiger partial charge >= 0.3 is 6.18 Å². The van der Waals surface area contributed by atoms with Gasteiger partial charge in [-0.3, -0.25) is 0 Å². The molecule has 2 heterocycles. The molecule has 0 saturated heterocycles. The summed E-state index contributed by atoms with van der Waals surface area (Å²) >= 11 is 0. The van der Waals surface area contributed by atoms with E-state index in [9.17, 15) is 22.0 Å². The molecule has 1 aromatic carbocycles. The van der Waals surface area contributed by atoms with E-state index in [-0.39, 0.29) is 23.3 Å². The monoisotopic (exact) mass is 512 g/mol. The van der Waals surface area contributed by atoms with Gasteiger partial charge in [0.25, 0.3) is 5.92 Å². The zero-order chi connectivity index (χ0) is 26.4. The zero-order valence-electron chi connectivity index (χ0n) is 20.2. The van der Waals surface area contributed by atoms with E-state index in [0.717, 1.165) is 35.5 Å². The van der Waals surface area contributed by atoms with Gasteiger partial charge in [-0.05, 0) is 18.4 Å². The predicted octanol–water partition coefficient (Wildman–Crippen LogP) is 7.87. The highest BCUT2D eigenvalue weighted by Crippen LogP contribution is 2.37. The summed E-state index contributed by atoms with van der Waals surface area (Å²) in [6.07, 6.45) is 8.08. The number of hydrogen-bond acceptors (Lipinski definition) is 2. The number of alkyl halides is 5. The Balaban J connectivity index is 1.32. The number of H-pyrrole nitrogens is 2. The van der Waals surface area contributed by atoms with Crippen LogP contribution in [0.5, 0.6) is 0 Å². The second-order valence-corrected chi connectivity index (χ2v) is 9.56. The molecule has 2 N–H and O–H groups in total. The van der Waals surface area contributed by atoms with Gasteiger partial charge in [0.2, 0.25) is 0 Å². The molecule has 37 heavy (non-hydrogen) atoms. The van der Waals surface area contributed by atoms with E-state index in [4.69, 9.17) is 0 Å². The Morgan fingerprint density at radius 3 is 2.05 bits per heavy atom. The molecular weight excluding hydrogens is 487 g/mol. The van der Waals surface area contributed by atoms with Gasteiger partial charge in [0.15, 0.2) is 0 Å². The summed E-state index contributed by atoms with van der Waals surface area (Å²) in [5.74, 6) is -2.34. The molecule has 9 heteroatoms. The van der Waals surface area contributed by atoms with E-state index in [0.29, 0.717) is 18.1 Å². The molecular formula is C28H25F5N4. The Hall–Kier alpha value is -3.75. The summed E-state index contributed by atoms with van der Waals surface area (Å²) in [5.41, 5.74) is 2.65. The van der Waals surface area contributed by atoms with E-state index >= 15 is 0 Å². The molecule has 192 valence electrons. The van der Waals surface area contributed by atoms with Crippen LogP contribution in [-0.4, -0.2) is 32.0 Å². The van der Waals surface area contributed by atoms with Crippen LogP contribution in [0.25, 0.3) is 22.5 Å². The molecule has 3 aromatic rings. The van der Waals surface area contributed by atoms with E-state index in [1.165, 1.54) is 18.2 Å². The Labute approximate surface area is 210 Å². The van der Waals surface area contributed by atoms with Crippen LogP contribution in [0, 0.1) is 5.92 Å². The van der Waals surface area contributed by atoms with Crippen molar-refractivity contribution in [2.75, 3.05) is 0 Å². The molecule has 0 fully saturated rings.